The predicted molar refractivity (Wildman–Crippen MR) is 115 cm³/mol. The number of carboxylic acids is 1. The minimum absolute atomic E-state index is 0.0286. The molecule has 1 unspecified atom stereocenters. The summed E-state index contributed by atoms with van der Waals surface area (Å²) in [5.74, 6) is -0.915. The van der Waals surface area contributed by atoms with Crippen LogP contribution in [-0.2, 0) is 11.2 Å². The van der Waals surface area contributed by atoms with Gasteiger partial charge in [0.15, 0.2) is 0 Å². The van der Waals surface area contributed by atoms with Crippen LogP contribution in [0.5, 0.6) is 0 Å². The van der Waals surface area contributed by atoms with Crippen molar-refractivity contribution in [3.63, 3.8) is 0 Å². The molecular formula is C23H27N3O4. The van der Waals surface area contributed by atoms with E-state index in [1.54, 1.807) is 17.0 Å². The summed E-state index contributed by atoms with van der Waals surface area (Å²) in [6, 6.07) is 13.0. The minimum Gasteiger partial charge on any atom is -0.478 e. The average molecular weight is 409 g/mol. The molecule has 1 saturated heterocycles. The van der Waals surface area contributed by atoms with Gasteiger partial charge >= 0.3 is 12.0 Å². The molecule has 2 aliphatic rings. The Kier molecular flexibility index (Phi) is 5.39. The van der Waals surface area contributed by atoms with Crippen molar-refractivity contribution < 1.29 is 19.4 Å². The lowest BCUT2D eigenvalue weighted by molar-refractivity contribution is 0.0564. The van der Waals surface area contributed by atoms with Crippen molar-refractivity contribution in [2.45, 2.75) is 26.3 Å². The molecule has 0 aromatic heterocycles. The zero-order valence-corrected chi connectivity index (χ0v) is 17.3. The largest absolute Gasteiger partial charge is 0.478 e. The number of rotatable bonds is 3. The number of hydrogen-bond donors (Lipinski definition) is 3. The maximum absolute atomic E-state index is 12.5. The Labute approximate surface area is 176 Å². The molecule has 2 aromatic carbocycles. The van der Waals surface area contributed by atoms with Gasteiger partial charge in [-0.1, -0.05) is 26.0 Å². The topological polar surface area (TPSA) is 90.9 Å². The lowest BCUT2D eigenvalue weighted by Gasteiger charge is -2.41. The molecular weight excluding hydrogens is 382 g/mol. The number of urea groups is 1. The van der Waals surface area contributed by atoms with Gasteiger partial charge in [-0.3, -0.25) is 0 Å². The van der Waals surface area contributed by atoms with E-state index >= 15 is 0 Å². The third kappa shape index (κ3) is 4.11. The van der Waals surface area contributed by atoms with Crippen LogP contribution in [0.1, 0.15) is 41.4 Å². The first kappa shape index (κ1) is 20.2. The summed E-state index contributed by atoms with van der Waals surface area (Å²) in [6.07, 6.45) is 0.755. The lowest BCUT2D eigenvalue weighted by Crippen LogP contribution is -2.43. The van der Waals surface area contributed by atoms with E-state index in [2.05, 4.69) is 30.5 Å². The Morgan fingerprint density at radius 1 is 1.17 bits per heavy atom. The first-order valence-corrected chi connectivity index (χ1v) is 10.2. The SMILES string of the molecule is CC1(C)Cc2cc(C(=O)O)ccc2NC1c1cccc(NC(=O)N2CCOCC2)c1. The summed E-state index contributed by atoms with van der Waals surface area (Å²) < 4.78 is 5.31. The Balaban J connectivity index is 1.55. The number of aromatic carboxylic acids is 1. The zero-order valence-electron chi connectivity index (χ0n) is 17.3. The fourth-order valence-electron chi connectivity index (χ4n) is 4.26. The minimum atomic E-state index is -0.915. The maximum atomic E-state index is 12.5. The van der Waals surface area contributed by atoms with Crippen molar-refractivity contribution in [2.75, 3.05) is 36.9 Å². The van der Waals surface area contributed by atoms with Gasteiger partial charge in [0.1, 0.15) is 0 Å². The average Bonchev–Trinajstić information content (AvgIpc) is 2.73. The summed E-state index contributed by atoms with van der Waals surface area (Å²) in [4.78, 5) is 25.6. The molecule has 2 amide bonds. The first-order chi connectivity index (χ1) is 14.3. The first-order valence-electron chi connectivity index (χ1n) is 10.2. The van der Waals surface area contributed by atoms with Crippen LogP contribution in [-0.4, -0.2) is 48.3 Å². The number of amides is 2. The number of carboxylic acid groups (broad SMARTS) is 1. The van der Waals surface area contributed by atoms with E-state index in [9.17, 15) is 14.7 Å². The number of fused-ring (bicyclic) bond motifs is 1. The Morgan fingerprint density at radius 2 is 1.93 bits per heavy atom. The van der Waals surface area contributed by atoms with Gasteiger partial charge in [-0.15, -0.1) is 0 Å². The quantitative estimate of drug-likeness (QED) is 0.713. The molecule has 7 heteroatoms. The smallest absolute Gasteiger partial charge is 0.335 e. The summed E-state index contributed by atoms with van der Waals surface area (Å²) in [7, 11) is 0. The van der Waals surface area contributed by atoms with Crippen LogP contribution in [0.4, 0.5) is 16.2 Å². The van der Waals surface area contributed by atoms with E-state index in [0.29, 0.717) is 31.9 Å². The highest BCUT2D eigenvalue weighted by Gasteiger charge is 2.36. The molecule has 0 bridgehead atoms. The van der Waals surface area contributed by atoms with Gasteiger partial charge in [0, 0.05) is 24.5 Å². The number of nitrogens with zero attached hydrogens (tertiary/aromatic N) is 1. The third-order valence-electron chi connectivity index (χ3n) is 5.85. The molecule has 0 spiro atoms. The van der Waals surface area contributed by atoms with Crippen molar-refractivity contribution in [3.05, 3.63) is 59.2 Å². The molecule has 2 aliphatic heterocycles. The fraction of sp³-hybridized carbons (Fsp3) is 0.391. The van der Waals surface area contributed by atoms with E-state index < -0.39 is 5.97 Å². The fourth-order valence-corrected chi connectivity index (χ4v) is 4.26. The highest BCUT2D eigenvalue weighted by atomic mass is 16.5. The molecule has 0 saturated carbocycles. The monoisotopic (exact) mass is 409 g/mol. The van der Waals surface area contributed by atoms with Crippen molar-refractivity contribution in [1.29, 1.82) is 0 Å². The van der Waals surface area contributed by atoms with E-state index in [1.165, 1.54) is 0 Å². The van der Waals surface area contributed by atoms with Crippen molar-refractivity contribution in [2.24, 2.45) is 5.41 Å². The van der Waals surface area contributed by atoms with Gasteiger partial charge in [0.25, 0.3) is 0 Å². The number of ether oxygens (including phenoxy) is 1. The van der Waals surface area contributed by atoms with E-state index in [0.717, 1.165) is 28.9 Å². The van der Waals surface area contributed by atoms with Crippen molar-refractivity contribution in [3.8, 4) is 0 Å². The number of hydrogen-bond acceptors (Lipinski definition) is 4. The number of morpholine rings is 1. The van der Waals surface area contributed by atoms with Gasteiger partial charge in [-0.25, -0.2) is 9.59 Å². The molecule has 4 rings (SSSR count). The molecule has 2 aromatic rings. The van der Waals surface area contributed by atoms with Gasteiger partial charge < -0.3 is 25.4 Å². The zero-order chi connectivity index (χ0) is 21.3. The summed E-state index contributed by atoms with van der Waals surface area (Å²) in [5, 5.41) is 15.9. The van der Waals surface area contributed by atoms with Crippen LogP contribution in [0, 0.1) is 5.41 Å². The van der Waals surface area contributed by atoms with E-state index in [1.807, 2.05) is 24.3 Å². The van der Waals surface area contributed by atoms with Crippen LogP contribution >= 0.6 is 0 Å². The van der Waals surface area contributed by atoms with Gasteiger partial charge in [0.2, 0.25) is 0 Å². The van der Waals surface area contributed by atoms with Gasteiger partial charge in [0.05, 0.1) is 24.8 Å². The number of nitrogens with one attached hydrogen (secondary N) is 2. The van der Waals surface area contributed by atoms with E-state index in [4.69, 9.17) is 4.74 Å². The van der Waals surface area contributed by atoms with Crippen molar-refractivity contribution >= 4 is 23.4 Å². The van der Waals surface area contributed by atoms with Gasteiger partial charge in [-0.05, 0) is 53.3 Å². The molecule has 3 N–H and O–H groups in total. The predicted octanol–water partition coefficient (Wildman–Crippen LogP) is 3.98. The third-order valence-corrected chi connectivity index (χ3v) is 5.85. The summed E-state index contributed by atoms with van der Waals surface area (Å²) in [5.41, 5.74) is 3.95. The standard InChI is InChI=1S/C23H27N3O4/c1-23(2)14-17-12-16(21(27)28)6-7-19(17)25-20(23)15-4-3-5-18(13-15)24-22(29)26-8-10-30-11-9-26/h3-7,12-13,20,25H,8-11,14H2,1-2H3,(H,24,29)(H,27,28). The molecule has 30 heavy (non-hydrogen) atoms. The van der Waals surface area contributed by atoms with Crippen LogP contribution in [0.3, 0.4) is 0 Å². The second-order valence-electron chi connectivity index (χ2n) is 8.57. The molecule has 7 nitrogen and oxygen atoms in total. The van der Waals surface area contributed by atoms with E-state index in [-0.39, 0.29) is 17.5 Å². The second kappa shape index (κ2) is 7.99. The molecule has 158 valence electrons. The number of benzene rings is 2. The highest BCUT2D eigenvalue weighted by molar-refractivity contribution is 5.90. The number of carbonyl (C=O) groups is 2. The summed E-state index contributed by atoms with van der Waals surface area (Å²) in [6.45, 7) is 6.66. The second-order valence-corrected chi connectivity index (χ2v) is 8.57. The van der Waals surface area contributed by atoms with Crippen molar-refractivity contribution in [1.82, 2.24) is 4.90 Å². The molecule has 1 fully saturated rings. The maximum Gasteiger partial charge on any atom is 0.335 e. The summed E-state index contributed by atoms with van der Waals surface area (Å²) >= 11 is 0. The van der Waals surface area contributed by atoms with Crippen LogP contribution in [0.2, 0.25) is 0 Å². The van der Waals surface area contributed by atoms with Crippen LogP contribution in [0.15, 0.2) is 42.5 Å². The molecule has 0 aliphatic carbocycles. The van der Waals surface area contributed by atoms with Crippen LogP contribution in [0.25, 0.3) is 0 Å². The molecule has 0 radical (unpaired) electrons. The number of anilines is 2. The van der Waals surface area contributed by atoms with Gasteiger partial charge in [-0.2, -0.15) is 0 Å². The molecule has 2 heterocycles. The Morgan fingerprint density at radius 3 is 2.67 bits per heavy atom. The lowest BCUT2D eigenvalue weighted by atomic mass is 9.72. The Bertz CT molecular complexity index is 967. The highest BCUT2D eigenvalue weighted by Crippen LogP contribution is 2.45. The normalized spacial score (nSPS) is 20.1. The number of carbonyl (C=O) groups excluding carboxylic acids is 1. The van der Waals surface area contributed by atoms with Crippen LogP contribution < -0.4 is 10.6 Å². The Hall–Kier alpha value is -3.06. The molecule has 1 atom stereocenters.